The summed E-state index contributed by atoms with van der Waals surface area (Å²) in [7, 11) is 0. The second kappa shape index (κ2) is 3.64. The minimum atomic E-state index is 0. The number of hydrogen-bond donors (Lipinski definition) is 0. The molecule has 0 spiro atoms. The van der Waals surface area contributed by atoms with Crippen LogP contribution in [0.5, 0.6) is 0 Å². The zero-order chi connectivity index (χ0) is 4.41. The van der Waals surface area contributed by atoms with Crippen molar-refractivity contribution in [3.05, 3.63) is 21.3 Å². The van der Waals surface area contributed by atoms with Crippen molar-refractivity contribution in [2.45, 2.75) is 0 Å². The lowest BCUT2D eigenvalue weighted by Crippen LogP contribution is -1.29. The molecule has 1 rings (SSSR count). The van der Waals surface area contributed by atoms with E-state index in [1.54, 1.807) is 11.3 Å². The normalized spacial score (nSPS) is 7.57. The molecule has 0 saturated heterocycles. The van der Waals surface area contributed by atoms with E-state index in [2.05, 4.69) is 15.9 Å². The largest absolute Gasteiger partial charge is 0.137 e. The van der Waals surface area contributed by atoms with Gasteiger partial charge in [0.1, 0.15) is 0 Å². The highest BCUT2D eigenvalue weighted by Gasteiger charge is 1.77. The first kappa shape index (κ1) is 7.66. The van der Waals surface area contributed by atoms with Crippen molar-refractivity contribution >= 4 is 44.2 Å². The van der Waals surface area contributed by atoms with Crippen LogP contribution in [0.15, 0.2) is 21.3 Å². The molecular weight excluding hydrogens is 240 g/mol. The third-order valence-corrected chi connectivity index (χ3v) is 1.97. The lowest BCUT2D eigenvalue weighted by molar-refractivity contribution is 1.97. The van der Waals surface area contributed by atoms with Crippen molar-refractivity contribution < 1.29 is 0 Å². The van der Waals surface area contributed by atoms with Gasteiger partial charge in [0.2, 0.25) is 0 Å². The van der Waals surface area contributed by atoms with Gasteiger partial charge in [-0.3, -0.25) is 0 Å². The minimum Gasteiger partial charge on any atom is -0.137 e. The van der Waals surface area contributed by atoms with Gasteiger partial charge in [-0.1, -0.05) is 6.07 Å². The van der Waals surface area contributed by atoms with Crippen LogP contribution in [0.1, 0.15) is 0 Å². The monoisotopic (exact) mass is 242 g/mol. The van der Waals surface area contributed by atoms with E-state index in [1.807, 2.05) is 17.5 Å². The molecule has 0 N–H and O–H groups in total. The van der Waals surface area contributed by atoms with Crippen LogP contribution in [0.4, 0.5) is 0 Å². The van der Waals surface area contributed by atoms with Gasteiger partial charge in [0, 0.05) is 0 Å². The van der Waals surface area contributed by atoms with E-state index in [0.717, 1.165) is 0 Å². The number of halogens is 2. The van der Waals surface area contributed by atoms with Gasteiger partial charge >= 0.3 is 0 Å². The predicted molar refractivity (Wildman–Crippen MR) is 42.3 cm³/mol. The molecule has 0 radical (unpaired) electrons. The summed E-state index contributed by atoms with van der Waals surface area (Å²) in [5, 5.41) is 2.03. The number of rotatable bonds is 0. The Morgan fingerprint density at radius 1 is 1.57 bits per heavy atom. The topological polar surface area (TPSA) is 0 Å². The fourth-order valence-corrected chi connectivity index (χ4v) is 1.18. The summed E-state index contributed by atoms with van der Waals surface area (Å²) in [5.41, 5.74) is 0. The van der Waals surface area contributed by atoms with Crippen molar-refractivity contribution in [1.29, 1.82) is 0 Å². The summed E-state index contributed by atoms with van der Waals surface area (Å²) in [4.78, 5) is 0. The van der Waals surface area contributed by atoms with Gasteiger partial charge in [0.15, 0.2) is 0 Å². The van der Waals surface area contributed by atoms with Gasteiger partial charge in [0.25, 0.3) is 0 Å². The maximum absolute atomic E-state index is 3.30. The van der Waals surface area contributed by atoms with Crippen molar-refractivity contribution in [3.63, 3.8) is 0 Å². The Morgan fingerprint density at radius 3 is 2.43 bits per heavy atom. The number of thiophene rings is 1. The lowest BCUT2D eigenvalue weighted by atomic mass is 10.7. The van der Waals surface area contributed by atoms with E-state index >= 15 is 0 Å². The minimum absolute atomic E-state index is 0. The Kier molecular flexibility index (Phi) is 3.98. The first-order chi connectivity index (χ1) is 2.89. The van der Waals surface area contributed by atoms with Gasteiger partial charge in [-0.2, -0.15) is 0 Å². The van der Waals surface area contributed by atoms with E-state index in [4.69, 9.17) is 0 Å². The molecule has 3 heteroatoms. The summed E-state index contributed by atoms with van der Waals surface area (Å²) < 4.78 is 1.20. The zero-order valence-corrected chi connectivity index (χ0v) is 7.54. The van der Waals surface area contributed by atoms with Crippen LogP contribution >= 0.6 is 44.2 Å². The van der Waals surface area contributed by atoms with Crippen molar-refractivity contribution in [2.75, 3.05) is 0 Å². The molecule has 0 saturated carbocycles. The Hall–Kier alpha value is 0.660. The highest BCUT2D eigenvalue weighted by molar-refractivity contribution is 9.11. The van der Waals surface area contributed by atoms with Crippen molar-refractivity contribution in [1.82, 2.24) is 0 Å². The second-order valence-corrected chi connectivity index (χ2v) is 3.24. The van der Waals surface area contributed by atoms with Crippen molar-refractivity contribution in [3.8, 4) is 0 Å². The first-order valence-electron chi connectivity index (χ1n) is 1.58. The molecule has 0 unspecified atom stereocenters. The second-order valence-electron chi connectivity index (χ2n) is 0.917. The first-order valence-corrected chi connectivity index (χ1v) is 3.26. The average Bonchev–Trinajstić information content (AvgIpc) is 1.86. The molecule has 1 heterocycles. The maximum atomic E-state index is 3.30. The average molecular weight is 244 g/mol. The molecule has 1 aromatic rings. The van der Waals surface area contributed by atoms with Crippen LogP contribution in [0.2, 0.25) is 0 Å². The van der Waals surface area contributed by atoms with E-state index in [1.165, 1.54) is 3.79 Å². The fraction of sp³-hybridized carbons (Fsp3) is 0. The Labute approximate surface area is 65.5 Å². The van der Waals surface area contributed by atoms with Gasteiger partial charge < -0.3 is 0 Å². The van der Waals surface area contributed by atoms with Crippen LogP contribution < -0.4 is 0 Å². The molecule has 40 valence electrons. The molecule has 1 aromatic heterocycles. The smallest absolute Gasteiger partial charge is 0.0698 e. The molecule has 0 aliphatic carbocycles. The Balaban J connectivity index is 0.000000360. The molecule has 0 amide bonds. The van der Waals surface area contributed by atoms with Gasteiger partial charge in [-0.15, -0.1) is 28.3 Å². The summed E-state index contributed by atoms with van der Waals surface area (Å²) in [6.45, 7) is 0. The molecule has 0 aromatic carbocycles. The molecule has 0 atom stereocenters. The van der Waals surface area contributed by atoms with Crippen molar-refractivity contribution in [2.24, 2.45) is 0 Å². The summed E-state index contributed by atoms with van der Waals surface area (Å²) >= 11 is 4.99. The molecule has 0 fully saturated rings. The lowest BCUT2D eigenvalue weighted by Gasteiger charge is -1.62. The maximum Gasteiger partial charge on any atom is 0.0698 e. The quantitative estimate of drug-likeness (QED) is 0.657. The third kappa shape index (κ3) is 2.46. The SMILES string of the molecule is Br.Brc1cccs1. The molecular formula is C4H4Br2S. The van der Waals surface area contributed by atoms with Crippen LogP contribution in [0, 0.1) is 0 Å². The van der Waals surface area contributed by atoms with Crippen LogP contribution in [0.25, 0.3) is 0 Å². The molecule has 0 bridgehead atoms. The Bertz CT molecular complexity index is 113. The van der Waals surface area contributed by atoms with Crippen LogP contribution in [-0.2, 0) is 0 Å². The summed E-state index contributed by atoms with van der Waals surface area (Å²) in [6.07, 6.45) is 0. The van der Waals surface area contributed by atoms with E-state index in [9.17, 15) is 0 Å². The van der Waals surface area contributed by atoms with E-state index in [0.29, 0.717) is 0 Å². The Morgan fingerprint density at radius 2 is 2.29 bits per heavy atom. The van der Waals surface area contributed by atoms with E-state index < -0.39 is 0 Å². The van der Waals surface area contributed by atoms with E-state index in [-0.39, 0.29) is 17.0 Å². The summed E-state index contributed by atoms with van der Waals surface area (Å²) in [5.74, 6) is 0. The summed E-state index contributed by atoms with van der Waals surface area (Å²) in [6, 6.07) is 4.03. The third-order valence-electron chi connectivity index (χ3n) is 0.486. The van der Waals surface area contributed by atoms with Crippen LogP contribution in [0.3, 0.4) is 0 Å². The highest BCUT2D eigenvalue weighted by Crippen LogP contribution is 2.14. The van der Waals surface area contributed by atoms with Gasteiger partial charge in [-0.25, -0.2) is 0 Å². The van der Waals surface area contributed by atoms with Gasteiger partial charge in [-0.05, 0) is 27.4 Å². The molecule has 0 aliphatic heterocycles. The molecule has 0 nitrogen and oxygen atoms in total. The zero-order valence-electron chi connectivity index (χ0n) is 3.43. The standard InChI is InChI=1S/C4H3BrS.BrH/c5-4-2-1-3-6-4;/h1-3H;1H. The van der Waals surface area contributed by atoms with Crippen LogP contribution in [-0.4, -0.2) is 0 Å². The predicted octanol–water partition coefficient (Wildman–Crippen LogP) is 3.09. The molecule has 0 aliphatic rings. The highest BCUT2D eigenvalue weighted by atomic mass is 79.9. The molecule has 7 heavy (non-hydrogen) atoms. The number of hydrogen-bond acceptors (Lipinski definition) is 1. The van der Waals surface area contributed by atoms with Gasteiger partial charge in [0.05, 0.1) is 3.79 Å². The fourth-order valence-electron chi connectivity index (χ4n) is 0.259.